The Hall–Kier alpha value is -1.97. The Kier molecular flexibility index (Phi) is 3.38. The lowest BCUT2D eigenvalue weighted by Gasteiger charge is -2.16. The van der Waals surface area contributed by atoms with E-state index in [2.05, 4.69) is 11.5 Å². The molecule has 0 amide bonds. The Morgan fingerprint density at radius 2 is 2.10 bits per heavy atom. The Balaban J connectivity index is 1.97. The first-order valence-electron chi connectivity index (χ1n) is 7.16. The zero-order valence-corrected chi connectivity index (χ0v) is 12.1. The molecule has 1 aliphatic carbocycles. The molecular weight excluding hydrogens is 250 g/mol. The molecule has 0 atom stereocenters. The van der Waals surface area contributed by atoms with Crippen molar-refractivity contribution in [3.8, 4) is 5.75 Å². The Morgan fingerprint density at radius 3 is 2.90 bits per heavy atom. The summed E-state index contributed by atoms with van der Waals surface area (Å²) in [6.07, 6.45) is 4.77. The molecule has 0 radical (unpaired) electrons. The number of aryl methyl sites for hydroxylation is 2. The molecule has 3 rings (SSSR count). The molecule has 0 bridgehead atoms. The van der Waals surface area contributed by atoms with Crippen LogP contribution in [0.2, 0.25) is 0 Å². The topological polar surface area (TPSA) is 53.1 Å². The molecule has 0 saturated carbocycles. The highest BCUT2D eigenvalue weighted by atomic mass is 16.5. The van der Waals surface area contributed by atoms with Crippen LogP contribution in [0.1, 0.15) is 35.6 Å². The van der Waals surface area contributed by atoms with Crippen LogP contribution in [0.4, 0.5) is 5.69 Å². The van der Waals surface area contributed by atoms with Crippen molar-refractivity contribution in [3.05, 3.63) is 41.0 Å². The van der Waals surface area contributed by atoms with Crippen LogP contribution < -0.4 is 10.5 Å². The summed E-state index contributed by atoms with van der Waals surface area (Å²) < 4.78 is 7.77. The fourth-order valence-electron chi connectivity index (χ4n) is 3.01. The van der Waals surface area contributed by atoms with E-state index in [1.54, 1.807) is 7.11 Å². The molecular formula is C16H21N3O. The molecule has 0 fully saturated rings. The van der Waals surface area contributed by atoms with E-state index in [0.717, 1.165) is 42.2 Å². The fraction of sp³-hybridized carbons (Fsp3) is 0.438. The number of anilines is 1. The second kappa shape index (κ2) is 5.19. The van der Waals surface area contributed by atoms with Gasteiger partial charge in [0, 0.05) is 23.0 Å². The third kappa shape index (κ3) is 2.26. The van der Waals surface area contributed by atoms with Crippen molar-refractivity contribution in [3.63, 3.8) is 0 Å². The van der Waals surface area contributed by atoms with Crippen LogP contribution in [0, 0.1) is 6.92 Å². The molecule has 0 saturated heterocycles. The average Bonchev–Trinajstić information content (AvgIpc) is 2.77. The Morgan fingerprint density at radius 1 is 1.30 bits per heavy atom. The summed E-state index contributed by atoms with van der Waals surface area (Å²) >= 11 is 0. The number of nitrogen functional groups attached to an aromatic ring is 1. The highest BCUT2D eigenvalue weighted by Gasteiger charge is 2.18. The number of ether oxygens (including phenoxy) is 1. The van der Waals surface area contributed by atoms with Crippen molar-refractivity contribution in [2.24, 2.45) is 0 Å². The SMILES string of the molecule is COc1cc(N)ccc1Cn1c(C)nc2c1CCCC2. The van der Waals surface area contributed by atoms with Gasteiger partial charge in [-0.3, -0.25) is 0 Å². The van der Waals surface area contributed by atoms with Crippen LogP contribution in [-0.4, -0.2) is 16.7 Å². The monoisotopic (exact) mass is 271 g/mol. The van der Waals surface area contributed by atoms with Crippen LogP contribution >= 0.6 is 0 Å². The smallest absolute Gasteiger partial charge is 0.125 e. The van der Waals surface area contributed by atoms with Gasteiger partial charge in [-0.2, -0.15) is 0 Å². The third-order valence-corrected chi connectivity index (χ3v) is 4.06. The highest BCUT2D eigenvalue weighted by molar-refractivity contribution is 5.48. The quantitative estimate of drug-likeness (QED) is 0.873. The number of nitrogens with two attached hydrogens (primary N) is 1. The molecule has 1 aliphatic rings. The van der Waals surface area contributed by atoms with Gasteiger partial charge in [0.05, 0.1) is 19.3 Å². The molecule has 20 heavy (non-hydrogen) atoms. The van der Waals surface area contributed by atoms with Gasteiger partial charge in [-0.1, -0.05) is 6.07 Å². The number of rotatable bonds is 3. The predicted octanol–water partition coefficient (Wildman–Crippen LogP) is 2.71. The summed E-state index contributed by atoms with van der Waals surface area (Å²) in [5.74, 6) is 1.94. The summed E-state index contributed by atoms with van der Waals surface area (Å²) in [7, 11) is 1.69. The van der Waals surface area contributed by atoms with E-state index in [4.69, 9.17) is 15.5 Å². The Labute approximate surface area is 119 Å². The van der Waals surface area contributed by atoms with Gasteiger partial charge in [0.2, 0.25) is 0 Å². The van der Waals surface area contributed by atoms with Crippen LogP contribution in [0.25, 0.3) is 0 Å². The summed E-state index contributed by atoms with van der Waals surface area (Å²) in [4.78, 5) is 4.72. The van der Waals surface area contributed by atoms with Crippen molar-refractivity contribution in [1.82, 2.24) is 9.55 Å². The van der Waals surface area contributed by atoms with Gasteiger partial charge < -0.3 is 15.0 Å². The van der Waals surface area contributed by atoms with Crippen molar-refractivity contribution in [2.45, 2.75) is 39.2 Å². The second-order valence-corrected chi connectivity index (χ2v) is 5.42. The van der Waals surface area contributed by atoms with Gasteiger partial charge in [0.25, 0.3) is 0 Å². The van der Waals surface area contributed by atoms with Gasteiger partial charge in [-0.05, 0) is 38.7 Å². The van der Waals surface area contributed by atoms with E-state index < -0.39 is 0 Å². The summed E-state index contributed by atoms with van der Waals surface area (Å²) in [6.45, 7) is 2.89. The highest BCUT2D eigenvalue weighted by Crippen LogP contribution is 2.27. The number of hydrogen-bond donors (Lipinski definition) is 1. The van der Waals surface area contributed by atoms with E-state index in [0.29, 0.717) is 0 Å². The zero-order chi connectivity index (χ0) is 14.1. The van der Waals surface area contributed by atoms with Crippen molar-refractivity contribution in [2.75, 3.05) is 12.8 Å². The minimum atomic E-state index is 0.731. The number of nitrogens with zero attached hydrogens (tertiary/aromatic N) is 2. The van der Waals surface area contributed by atoms with Crippen molar-refractivity contribution in [1.29, 1.82) is 0 Å². The van der Waals surface area contributed by atoms with Gasteiger partial charge in [0.15, 0.2) is 0 Å². The first-order valence-corrected chi connectivity index (χ1v) is 7.16. The second-order valence-electron chi connectivity index (χ2n) is 5.42. The van der Waals surface area contributed by atoms with Crippen LogP contribution in [0.3, 0.4) is 0 Å². The molecule has 0 spiro atoms. The average molecular weight is 271 g/mol. The molecule has 4 heteroatoms. The summed E-state index contributed by atoms with van der Waals surface area (Å²) in [5, 5.41) is 0. The number of benzene rings is 1. The minimum Gasteiger partial charge on any atom is -0.496 e. The molecule has 106 valence electrons. The van der Waals surface area contributed by atoms with E-state index in [9.17, 15) is 0 Å². The molecule has 1 aromatic carbocycles. The zero-order valence-electron chi connectivity index (χ0n) is 12.1. The molecule has 2 N–H and O–H groups in total. The standard InChI is InChI=1S/C16H21N3O/c1-11-18-14-5-3-4-6-15(14)19(11)10-12-7-8-13(17)9-16(12)20-2/h7-9H,3-6,10,17H2,1-2H3. The number of imidazole rings is 1. The molecule has 1 aromatic heterocycles. The molecule has 2 aromatic rings. The lowest BCUT2D eigenvalue weighted by Crippen LogP contribution is -2.11. The summed E-state index contributed by atoms with van der Waals surface area (Å²) in [6, 6.07) is 5.85. The van der Waals surface area contributed by atoms with E-state index in [1.807, 2.05) is 18.2 Å². The molecule has 1 heterocycles. The largest absolute Gasteiger partial charge is 0.496 e. The number of methoxy groups -OCH3 is 1. The third-order valence-electron chi connectivity index (χ3n) is 4.06. The molecule has 0 aliphatic heterocycles. The maximum atomic E-state index is 5.82. The summed E-state index contributed by atoms with van der Waals surface area (Å²) in [5.41, 5.74) is 10.4. The normalized spacial score (nSPS) is 14.1. The number of aromatic nitrogens is 2. The first kappa shape index (κ1) is 13.0. The van der Waals surface area contributed by atoms with Crippen LogP contribution in [0.5, 0.6) is 5.75 Å². The van der Waals surface area contributed by atoms with Crippen molar-refractivity contribution >= 4 is 5.69 Å². The first-order chi connectivity index (χ1) is 9.69. The van der Waals surface area contributed by atoms with Crippen molar-refractivity contribution < 1.29 is 4.74 Å². The molecule has 4 nitrogen and oxygen atoms in total. The van der Waals surface area contributed by atoms with Gasteiger partial charge >= 0.3 is 0 Å². The van der Waals surface area contributed by atoms with Gasteiger partial charge in [-0.25, -0.2) is 4.98 Å². The molecule has 0 unspecified atom stereocenters. The lowest BCUT2D eigenvalue weighted by atomic mass is 10.0. The van der Waals surface area contributed by atoms with E-state index >= 15 is 0 Å². The Bertz CT molecular complexity index is 631. The minimum absolute atomic E-state index is 0.731. The van der Waals surface area contributed by atoms with Crippen LogP contribution in [-0.2, 0) is 19.4 Å². The number of hydrogen-bond acceptors (Lipinski definition) is 3. The predicted molar refractivity (Wildman–Crippen MR) is 80.1 cm³/mol. The lowest BCUT2D eigenvalue weighted by molar-refractivity contribution is 0.408. The van der Waals surface area contributed by atoms with Gasteiger partial charge in [-0.15, -0.1) is 0 Å². The fourth-order valence-corrected chi connectivity index (χ4v) is 3.01. The van der Waals surface area contributed by atoms with Crippen LogP contribution in [0.15, 0.2) is 18.2 Å². The maximum Gasteiger partial charge on any atom is 0.125 e. The maximum absolute atomic E-state index is 5.82. The number of fused-ring (bicyclic) bond motifs is 1. The van der Waals surface area contributed by atoms with Gasteiger partial charge in [0.1, 0.15) is 11.6 Å². The van der Waals surface area contributed by atoms with E-state index in [-0.39, 0.29) is 0 Å². The van der Waals surface area contributed by atoms with E-state index in [1.165, 1.54) is 24.2 Å².